The average Bonchev–Trinajstić information content (AvgIpc) is 3.03. The minimum absolute atomic E-state index is 0.0709. The molecule has 0 saturated carbocycles. The van der Waals surface area contributed by atoms with Crippen LogP contribution in [0, 0.1) is 0 Å². The minimum Gasteiger partial charge on any atom is -0.465 e. The van der Waals surface area contributed by atoms with E-state index in [0.29, 0.717) is 10.2 Å². The number of fused-ring (bicyclic) bond motifs is 1. The number of hydrogen-bond acceptors (Lipinski definition) is 8. The van der Waals surface area contributed by atoms with E-state index in [4.69, 9.17) is 4.74 Å². The first-order valence-corrected chi connectivity index (χ1v) is 13.9. The number of rotatable bonds is 6. The Morgan fingerprint density at radius 1 is 0.969 bits per heavy atom. The molecule has 12 heteroatoms. The number of carbonyl (C=O) groups excluding carboxylic acids is 2. The number of esters is 1. The molecule has 1 heterocycles. The van der Waals surface area contributed by atoms with Gasteiger partial charge in [0.25, 0.3) is 5.91 Å². The van der Waals surface area contributed by atoms with Gasteiger partial charge in [-0.15, -0.1) is 0 Å². The van der Waals surface area contributed by atoms with Crippen LogP contribution in [0.5, 0.6) is 0 Å². The molecule has 0 aliphatic heterocycles. The average molecular weight is 497 g/mol. The smallest absolute Gasteiger partial charge is 0.326 e. The summed E-state index contributed by atoms with van der Waals surface area (Å²) in [5.74, 6) is -1.18. The molecule has 2 aromatic carbocycles. The van der Waals surface area contributed by atoms with Gasteiger partial charge in [-0.3, -0.25) is 9.59 Å². The molecule has 0 aliphatic carbocycles. The van der Waals surface area contributed by atoms with E-state index in [1.807, 2.05) is 0 Å². The van der Waals surface area contributed by atoms with Crippen molar-refractivity contribution >= 4 is 53.1 Å². The van der Waals surface area contributed by atoms with Gasteiger partial charge in [0.05, 0.1) is 26.6 Å². The highest BCUT2D eigenvalue weighted by Crippen LogP contribution is 2.22. The van der Waals surface area contributed by atoms with Gasteiger partial charge in [-0.05, 0) is 49.4 Å². The Balaban J connectivity index is 2.13. The van der Waals surface area contributed by atoms with Crippen molar-refractivity contribution < 1.29 is 31.2 Å². The maximum Gasteiger partial charge on any atom is 0.326 e. The third-order valence-electron chi connectivity index (χ3n) is 4.40. The van der Waals surface area contributed by atoms with Gasteiger partial charge in [0, 0.05) is 18.1 Å². The van der Waals surface area contributed by atoms with Crippen molar-refractivity contribution in [3.63, 3.8) is 0 Å². The normalized spacial score (nSPS) is 12.8. The number of thiazole rings is 1. The molecule has 0 N–H and O–H groups in total. The van der Waals surface area contributed by atoms with Gasteiger partial charge >= 0.3 is 5.97 Å². The zero-order valence-electron chi connectivity index (χ0n) is 17.4. The first-order valence-electron chi connectivity index (χ1n) is 9.28. The molecule has 32 heavy (non-hydrogen) atoms. The number of ether oxygens (including phenoxy) is 1. The Morgan fingerprint density at radius 2 is 1.56 bits per heavy atom. The van der Waals surface area contributed by atoms with Crippen molar-refractivity contribution in [2.45, 2.75) is 23.3 Å². The van der Waals surface area contributed by atoms with Gasteiger partial charge in [-0.2, -0.15) is 4.99 Å². The van der Waals surface area contributed by atoms with Crippen LogP contribution in [0.2, 0.25) is 0 Å². The number of aromatic nitrogens is 1. The molecule has 170 valence electrons. The second-order valence-electron chi connectivity index (χ2n) is 6.89. The van der Waals surface area contributed by atoms with Crippen molar-refractivity contribution in [3.8, 4) is 0 Å². The van der Waals surface area contributed by atoms with Crippen molar-refractivity contribution in [1.82, 2.24) is 4.57 Å². The molecule has 1 aromatic heterocycles. The summed E-state index contributed by atoms with van der Waals surface area (Å²) in [4.78, 5) is 29.3. The molecule has 0 spiro atoms. The van der Waals surface area contributed by atoms with E-state index in [1.54, 1.807) is 13.0 Å². The van der Waals surface area contributed by atoms with Gasteiger partial charge in [0.15, 0.2) is 24.5 Å². The van der Waals surface area contributed by atoms with Crippen molar-refractivity contribution in [2.24, 2.45) is 4.99 Å². The summed E-state index contributed by atoms with van der Waals surface area (Å²) >= 11 is 1.05. The van der Waals surface area contributed by atoms with Crippen LogP contribution in [-0.2, 0) is 35.8 Å². The van der Waals surface area contributed by atoms with Gasteiger partial charge in [0.1, 0.15) is 6.54 Å². The van der Waals surface area contributed by atoms with Gasteiger partial charge < -0.3 is 9.30 Å². The number of nitrogens with zero attached hydrogens (tertiary/aromatic N) is 2. The maximum absolute atomic E-state index is 12.7. The molecule has 9 nitrogen and oxygen atoms in total. The number of amides is 1. The van der Waals surface area contributed by atoms with Crippen LogP contribution < -0.4 is 4.80 Å². The monoisotopic (exact) mass is 496 g/mol. The summed E-state index contributed by atoms with van der Waals surface area (Å²) in [6, 6.07) is 9.76. The van der Waals surface area contributed by atoms with E-state index < -0.39 is 31.6 Å². The topological polar surface area (TPSA) is 129 Å². The Bertz CT molecular complexity index is 1480. The Labute approximate surface area is 188 Å². The molecule has 3 rings (SSSR count). The summed E-state index contributed by atoms with van der Waals surface area (Å²) in [6.45, 7) is 1.63. The lowest BCUT2D eigenvalue weighted by molar-refractivity contribution is -0.143. The number of benzene rings is 2. The van der Waals surface area contributed by atoms with E-state index in [-0.39, 0.29) is 33.3 Å². The Kier molecular flexibility index (Phi) is 6.67. The SMILES string of the molecule is CCOC(=O)Cn1c(=NC(=O)c2ccc(S(C)(=O)=O)cc2)sc2cc(S(C)(=O)=O)ccc21. The highest BCUT2D eigenvalue weighted by Gasteiger charge is 2.16. The molecule has 0 saturated heterocycles. The van der Waals surface area contributed by atoms with Crippen LogP contribution in [0.1, 0.15) is 17.3 Å². The zero-order valence-corrected chi connectivity index (χ0v) is 19.9. The number of carbonyl (C=O) groups is 2. The third kappa shape index (κ3) is 5.31. The van der Waals surface area contributed by atoms with Crippen LogP contribution in [0.3, 0.4) is 0 Å². The third-order valence-corrected chi connectivity index (χ3v) is 7.68. The van der Waals surface area contributed by atoms with E-state index in [0.717, 1.165) is 23.8 Å². The van der Waals surface area contributed by atoms with Crippen LogP contribution in [0.4, 0.5) is 0 Å². The van der Waals surface area contributed by atoms with E-state index in [9.17, 15) is 26.4 Å². The van der Waals surface area contributed by atoms with Crippen LogP contribution in [-0.4, -0.2) is 52.4 Å². The van der Waals surface area contributed by atoms with Gasteiger partial charge in [0.2, 0.25) is 0 Å². The fraction of sp³-hybridized carbons (Fsp3) is 0.250. The molecular weight excluding hydrogens is 476 g/mol. The highest BCUT2D eigenvalue weighted by molar-refractivity contribution is 7.91. The van der Waals surface area contributed by atoms with Crippen molar-refractivity contribution in [1.29, 1.82) is 0 Å². The van der Waals surface area contributed by atoms with Gasteiger partial charge in [-0.25, -0.2) is 16.8 Å². The molecule has 0 fully saturated rings. The standard InChI is InChI=1S/C20H20N2O7S3/c1-4-29-18(23)12-22-16-10-9-15(32(3,27)28)11-17(16)30-20(22)21-19(24)13-5-7-14(8-6-13)31(2,25)26/h5-11H,4,12H2,1-3H3. The molecule has 1 amide bonds. The minimum atomic E-state index is -3.45. The van der Waals surface area contributed by atoms with Crippen LogP contribution in [0.15, 0.2) is 57.2 Å². The lowest BCUT2D eigenvalue weighted by atomic mass is 10.2. The molecule has 3 aromatic rings. The number of sulfone groups is 2. The first kappa shape index (κ1) is 23.8. The van der Waals surface area contributed by atoms with Crippen LogP contribution in [0.25, 0.3) is 10.2 Å². The lowest BCUT2D eigenvalue weighted by Crippen LogP contribution is -2.23. The second-order valence-corrected chi connectivity index (χ2v) is 11.9. The van der Waals surface area contributed by atoms with E-state index in [2.05, 4.69) is 4.99 Å². The fourth-order valence-electron chi connectivity index (χ4n) is 2.85. The predicted octanol–water partition coefficient (Wildman–Crippen LogP) is 1.81. The summed E-state index contributed by atoms with van der Waals surface area (Å²) in [7, 11) is -6.86. The fourth-order valence-corrected chi connectivity index (χ4v) is 5.27. The molecule has 0 aliphatic rings. The zero-order chi connectivity index (χ0) is 23.7. The molecular formula is C20H20N2O7S3. The molecule has 0 atom stereocenters. The quantitative estimate of drug-likeness (QED) is 0.476. The molecule has 0 radical (unpaired) electrons. The van der Waals surface area contributed by atoms with Gasteiger partial charge in [-0.1, -0.05) is 11.3 Å². The summed E-state index contributed by atoms with van der Waals surface area (Å²) in [5.41, 5.74) is 0.684. The maximum atomic E-state index is 12.7. The van der Waals surface area contributed by atoms with Crippen LogP contribution >= 0.6 is 11.3 Å². The first-order chi connectivity index (χ1) is 14.9. The van der Waals surface area contributed by atoms with E-state index in [1.165, 1.54) is 41.0 Å². The summed E-state index contributed by atoms with van der Waals surface area (Å²) < 4.78 is 54.0. The number of hydrogen-bond donors (Lipinski definition) is 0. The summed E-state index contributed by atoms with van der Waals surface area (Å²) in [6.07, 6.45) is 2.15. The predicted molar refractivity (Wildman–Crippen MR) is 119 cm³/mol. The van der Waals surface area contributed by atoms with Crippen molar-refractivity contribution in [2.75, 3.05) is 19.1 Å². The summed E-state index contributed by atoms with van der Waals surface area (Å²) in [5, 5.41) is 0. The van der Waals surface area contributed by atoms with E-state index >= 15 is 0 Å². The Hall–Kier alpha value is -2.83. The second kappa shape index (κ2) is 8.96. The highest BCUT2D eigenvalue weighted by atomic mass is 32.2. The largest absolute Gasteiger partial charge is 0.465 e. The lowest BCUT2D eigenvalue weighted by Gasteiger charge is -2.05. The molecule has 0 unspecified atom stereocenters. The Morgan fingerprint density at radius 3 is 2.12 bits per heavy atom. The van der Waals surface area contributed by atoms with Crippen molar-refractivity contribution in [3.05, 3.63) is 52.8 Å². The molecule has 0 bridgehead atoms.